The summed E-state index contributed by atoms with van der Waals surface area (Å²) >= 11 is 0. The Hall–Kier alpha value is -3.27. The van der Waals surface area contributed by atoms with Gasteiger partial charge in [-0.1, -0.05) is 43.0 Å². The van der Waals surface area contributed by atoms with Gasteiger partial charge in [-0.15, -0.1) is 0 Å². The smallest absolute Gasteiger partial charge is 0.390 e. The lowest BCUT2D eigenvalue weighted by Crippen LogP contribution is -2.39. The molecule has 7 nitrogen and oxygen atoms in total. The summed E-state index contributed by atoms with van der Waals surface area (Å²) in [5.74, 6) is -1.52. The van der Waals surface area contributed by atoms with Crippen molar-refractivity contribution in [2.75, 3.05) is 35.3 Å². The third kappa shape index (κ3) is 9.38. The summed E-state index contributed by atoms with van der Waals surface area (Å²) in [5.41, 5.74) is 3.31. The normalized spacial score (nSPS) is 20.5. The van der Waals surface area contributed by atoms with E-state index in [9.17, 15) is 27.9 Å². The number of rotatable bonds is 8. The molecule has 0 bridgehead atoms. The van der Waals surface area contributed by atoms with Crippen molar-refractivity contribution in [3.05, 3.63) is 53.6 Å². The van der Waals surface area contributed by atoms with E-state index in [-0.39, 0.29) is 18.5 Å². The van der Waals surface area contributed by atoms with Crippen LogP contribution in [0.1, 0.15) is 74.8 Å². The Kier molecular flexibility index (Phi) is 10.5. The van der Waals surface area contributed by atoms with E-state index in [4.69, 9.17) is 4.74 Å². The quantitative estimate of drug-likeness (QED) is 0.300. The molecular weight excluding hydrogens is 535 g/mol. The maximum atomic E-state index is 13.2. The first-order chi connectivity index (χ1) is 19.6. The summed E-state index contributed by atoms with van der Waals surface area (Å²) in [4.78, 5) is 26.1. The first kappa shape index (κ1) is 30.7. The zero-order valence-electron chi connectivity index (χ0n) is 23.5. The van der Waals surface area contributed by atoms with Crippen LogP contribution in [-0.2, 0) is 9.53 Å². The highest BCUT2D eigenvalue weighted by Crippen LogP contribution is 2.49. The molecule has 0 spiro atoms. The van der Waals surface area contributed by atoms with Crippen LogP contribution in [0.25, 0.3) is 0 Å². The van der Waals surface area contributed by atoms with Gasteiger partial charge in [-0.25, -0.2) is 4.79 Å². The van der Waals surface area contributed by atoms with Gasteiger partial charge in [0.1, 0.15) is 0 Å². The maximum Gasteiger partial charge on any atom is 0.390 e. The van der Waals surface area contributed by atoms with Crippen LogP contribution in [0.15, 0.2) is 42.5 Å². The van der Waals surface area contributed by atoms with Crippen molar-refractivity contribution in [2.45, 2.75) is 82.8 Å². The van der Waals surface area contributed by atoms with E-state index in [2.05, 4.69) is 10.6 Å². The molecule has 0 radical (unpaired) electrons. The molecule has 3 N–H and O–H groups in total. The molecule has 2 saturated carbocycles. The summed E-state index contributed by atoms with van der Waals surface area (Å²) in [6, 6.07) is 11.9. The molecule has 2 aliphatic carbocycles. The minimum atomic E-state index is -4.30. The second-order valence-corrected chi connectivity index (χ2v) is 11.2. The lowest BCUT2D eigenvalue weighted by molar-refractivity contribution is -0.138. The van der Waals surface area contributed by atoms with Crippen LogP contribution in [0.5, 0.6) is 0 Å². The van der Waals surface area contributed by atoms with E-state index in [1.54, 1.807) is 35.2 Å². The number of benzene rings is 2. The molecule has 5 rings (SSSR count). The highest BCUT2D eigenvalue weighted by Gasteiger charge is 2.44. The number of carboxylic acid groups (broad SMARTS) is 1. The third-order valence-corrected chi connectivity index (χ3v) is 7.90. The van der Waals surface area contributed by atoms with E-state index in [1.165, 1.54) is 12.8 Å². The summed E-state index contributed by atoms with van der Waals surface area (Å²) in [6.07, 6.45) is 2.34. The van der Waals surface area contributed by atoms with Gasteiger partial charge in [-0.2, -0.15) is 13.2 Å². The van der Waals surface area contributed by atoms with Crippen molar-refractivity contribution in [3.8, 4) is 0 Å². The molecule has 2 atom stereocenters. The second-order valence-electron chi connectivity index (χ2n) is 11.2. The number of carboxylic acids is 1. The molecule has 224 valence electrons. The number of ether oxygens (including phenoxy) is 1. The number of halogens is 3. The van der Waals surface area contributed by atoms with Crippen molar-refractivity contribution >= 4 is 29.1 Å². The average Bonchev–Trinajstić information content (AvgIpc) is 3.51. The maximum absolute atomic E-state index is 13.2. The molecule has 10 heteroatoms. The topological polar surface area (TPSA) is 90.9 Å². The first-order valence-electron chi connectivity index (χ1n) is 14.5. The van der Waals surface area contributed by atoms with Gasteiger partial charge in [0.15, 0.2) is 0 Å². The Morgan fingerprint density at radius 1 is 0.976 bits per heavy atom. The molecule has 2 aromatic rings. The number of aliphatic carboxylic acids is 1. The largest absolute Gasteiger partial charge is 0.481 e. The summed E-state index contributed by atoms with van der Waals surface area (Å²) in [7, 11) is 0. The number of carbonyl (C=O) groups is 2. The molecule has 41 heavy (non-hydrogen) atoms. The van der Waals surface area contributed by atoms with E-state index < -0.39 is 30.5 Å². The molecule has 0 aromatic heterocycles. The second kappa shape index (κ2) is 14.1. The number of anilines is 3. The Balaban J connectivity index is 0.000000699. The monoisotopic (exact) mass is 575 g/mol. The summed E-state index contributed by atoms with van der Waals surface area (Å²) < 4.78 is 44.6. The average molecular weight is 576 g/mol. The number of amides is 2. The van der Waals surface area contributed by atoms with Crippen LogP contribution >= 0.6 is 0 Å². The van der Waals surface area contributed by atoms with Crippen LogP contribution in [0.2, 0.25) is 0 Å². The molecule has 2 amide bonds. The number of nitrogens with one attached hydrogen (secondary N) is 2. The van der Waals surface area contributed by atoms with Crippen molar-refractivity contribution in [1.82, 2.24) is 0 Å². The van der Waals surface area contributed by atoms with Gasteiger partial charge in [0.05, 0.1) is 23.7 Å². The van der Waals surface area contributed by atoms with Gasteiger partial charge in [-0.3, -0.25) is 4.79 Å². The minimum absolute atomic E-state index is 0.0552. The van der Waals surface area contributed by atoms with Crippen LogP contribution in [0.3, 0.4) is 0 Å². The van der Waals surface area contributed by atoms with Crippen LogP contribution in [0, 0.1) is 12.8 Å². The molecule has 3 aliphatic rings. The van der Waals surface area contributed by atoms with E-state index in [0.29, 0.717) is 23.5 Å². The number of aryl methyl sites for hydroxylation is 1. The van der Waals surface area contributed by atoms with Crippen molar-refractivity contribution < 1.29 is 32.6 Å². The highest BCUT2D eigenvalue weighted by molar-refractivity contribution is 6.02. The fourth-order valence-electron chi connectivity index (χ4n) is 5.54. The third-order valence-electron chi connectivity index (χ3n) is 7.90. The Bertz CT molecular complexity index is 1150. The van der Waals surface area contributed by atoms with Gasteiger partial charge in [0.25, 0.3) is 0 Å². The number of hydrogen-bond acceptors (Lipinski definition) is 4. The molecule has 1 aliphatic heterocycles. The lowest BCUT2D eigenvalue weighted by atomic mass is 9.93. The summed E-state index contributed by atoms with van der Waals surface area (Å²) in [6.45, 7) is 3.73. The standard InChI is InChI=1S/C27H32F3N3O3.C4H8O/c1-17-7-10-19(11-8-17)31-26(36)32-23-15-18(21-16-22(21)25(34)35)9-12-24(23)33(14-13-27(28,29)30)20-5-3-2-4-6-20;1-2-4-5-3-1/h7-12,15,20-22H,2-6,13-14,16H2,1H3,(H,34,35)(H2,31,32,36);1-4H2/t21-,22-;/m1./s1. The van der Waals surface area contributed by atoms with Crippen LogP contribution < -0.4 is 15.5 Å². The minimum Gasteiger partial charge on any atom is -0.481 e. The number of hydrogen-bond donors (Lipinski definition) is 3. The Morgan fingerprint density at radius 2 is 1.66 bits per heavy atom. The zero-order valence-corrected chi connectivity index (χ0v) is 23.5. The predicted octanol–water partition coefficient (Wildman–Crippen LogP) is 7.72. The Morgan fingerprint density at radius 3 is 2.22 bits per heavy atom. The molecule has 0 unspecified atom stereocenters. The SMILES string of the molecule is C1CCOC1.Cc1ccc(NC(=O)Nc2cc([C@H]3C[C@H]3C(=O)O)ccc2N(CCC(F)(F)F)C2CCCCC2)cc1. The van der Waals surface area contributed by atoms with Gasteiger partial charge >= 0.3 is 18.2 Å². The predicted molar refractivity (Wildman–Crippen MR) is 154 cm³/mol. The van der Waals surface area contributed by atoms with E-state index in [1.807, 2.05) is 19.1 Å². The highest BCUT2D eigenvalue weighted by atomic mass is 19.4. The molecule has 3 fully saturated rings. The molecule has 1 heterocycles. The van der Waals surface area contributed by atoms with Crippen LogP contribution in [-0.4, -0.2) is 49.1 Å². The van der Waals surface area contributed by atoms with Crippen molar-refractivity contribution in [2.24, 2.45) is 5.92 Å². The van der Waals surface area contributed by atoms with Gasteiger partial charge in [0.2, 0.25) is 0 Å². The Labute approximate surface area is 239 Å². The van der Waals surface area contributed by atoms with Gasteiger partial charge in [-0.05, 0) is 74.8 Å². The zero-order chi connectivity index (χ0) is 29.4. The van der Waals surface area contributed by atoms with Crippen molar-refractivity contribution in [3.63, 3.8) is 0 Å². The first-order valence-corrected chi connectivity index (χ1v) is 14.5. The summed E-state index contributed by atoms with van der Waals surface area (Å²) in [5, 5.41) is 15.0. The van der Waals surface area contributed by atoms with Crippen LogP contribution in [0.4, 0.5) is 35.0 Å². The van der Waals surface area contributed by atoms with Crippen molar-refractivity contribution in [1.29, 1.82) is 0 Å². The number of alkyl halides is 3. The number of urea groups is 1. The van der Waals surface area contributed by atoms with E-state index >= 15 is 0 Å². The molecular formula is C31H40F3N3O4. The number of nitrogens with zero attached hydrogens (tertiary/aromatic N) is 1. The lowest BCUT2D eigenvalue weighted by Gasteiger charge is -2.37. The number of carbonyl (C=O) groups excluding carboxylic acids is 1. The fourth-order valence-corrected chi connectivity index (χ4v) is 5.54. The molecule has 2 aromatic carbocycles. The fraction of sp³-hybridized carbons (Fsp3) is 0.548. The van der Waals surface area contributed by atoms with Gasteiger partial charge in [0, 0.05) is 31.5 Å². The van der Waals surface area contributed by atoms with Gasteiger partial charge < -0.3 is 25.4 Å². The van der Waals surface area contributed by atoms with E-state index in [0.717, 1.165) is 56.4 Å². The molecule has 1 saturated heterocycles.